The number of ether oxygens (including phenoxy) is 1. The normalized spacial score (nSPS) is 22.9. The molecule has 0 spiro atoms. The number of anilines is 1. The molecule has 2 aromatic rings. The zero-order valence-corrected chi connectivity index (χ0v) is 16.9. The summed E-state index contributed by atoms with van der Waals surface area (Å²) >= 11 is 0. The highest BCUT2D eigenvalue weighted by atomic mass is 16.5. The average molecular weight is 406 g/mol. The second-order valence-corrected chi connectivity index (χ2v) is 8.22. The number of aromatic nitrogens is 1. The second kappa shape index (κ2) is 8.08. The third-order valence-corrected chi connectivity index (χ3v) is 6.09. The van der Waals surface area contributed by atoms with Crippen LogP contribution in [0.25, 0.3) is 11.6 Å². The lowest BCUT2D eigenvalue weighted by Crippen LogP contribution is -2.35. The molecule has 7 nitrogen and oxygen atoms in total. The number of aromatic amines is 1. The van der Waals surface area contributed by atoms with E-state index in [1.807, 2.05) is 30.5 Å². The molecule has 1 atom stereocenters. The molecule has 5 rings (SSSR count). The first-order chi connectivity index (χ1) is 14.7. The molecule has 1 unspecified atom stereocenters. The van der Waals surface area contributed by atoms with E-state index in [9.17, 15) is 9.59 Å². The number of rotatable bonds is 5. The lowest BCUT2D eigenvalue weighted by molar-refractivity contribution is -0.122. The monoisotopic (exact) mass is 406 g/mol. The van der Waals surface area contributed by atoms with Crippen molar-refractivity contribution in [3.05, 3.63) is 52.8 Å². The van der Waals surface area contributed by atoms with Crippen molar-refractivity contribution in [1.82, 2.24) is 15.2 Å². The van der Waals surface area contributed by atoms with Crippen LogP contribution in [-0.4, -0.2) is 54.5 Å². The van der Waals surface area contributed by atoms with Gasteiger partial charge in [0.05, 0.1) is 13.2 Å². The molecule has 7 heteroatoms. The Balaban J connectivity index is 1.35. The molecule has 1 aromatic carbocycles. The molecule has 0 bridgehead atoms. The minimum Gasteiger partial charge on any atom is -0.379 e. The van der Waals surface area contributed by atoms with Crippen molar-refractivity contribution in [2.45, 2.75) is 19.4 Å². The average Bonchev–Trinajstić information content (AvgIpc) is 3.44. The van der Waals surface area contributed by atoms with Crippen LogP contribution in [0.3, 0.4) is 0 Å². The third kappa shape index (κ3) is 3.91. The van der Waals surface area contributed by atoms with Crippen molar-refractivity contribution < 1.29 is 14.3 Å². The Labute approximate surface area is 175 Å². The number of H-pyrrole nitrogens is 1. The summed E-state index contributed by atoms with van der Waals surface area (Å²) in [6.45, 7) is 5.03. The number of hydrogen-bond acceptors (Lipinski definition) is 4. The molecule has 156 valence electrons. The van der Waals surface area contributed by atoms with E-state index in [1.165, 1.54) is 0 Å². The number of amides is 2. The van der Waals surface area contributed by atoms with Gasteiger partial charge in [0.1, 0.15) is 0 Å². The maximum absolute atomic E-state index is 12.6. The molecule has 4 heterocycles. The molecule has 0 aliphatic carbocycles. The Kier molecular flexibility index (Phi) is 5.14. The van der Waals surface area contributed by atoms with Gasteiger partial charge in [-0.3, -0.25) is 14.5 Å². The highest BCUT2D eigenvalue weighted by Gasteiger charge is 2.27. The fraction of sp³-hybridized carbons (Fsp3) is 0.391. The van der Waals surface area contributed by atoms with Gasteiger partial charge in [-0.2, -0.15) is 0 Å². The topological polar surface area (TPSA) is 86.5 Å². The predicted octanol–water partition coefficient (Wildman–Crippen LogP) is 2.02. The van der Waals surface area contributed by atoms with Gasteiger partial charge in [-0.15, -0.1) is 0 Å². The molecule has 0 saturated carbocycles. The molecule has 3 aliphatic rings. The van der Waals surface area contributed by atoms with Crippen LogP contribution in [0.1, 0.15) is 28.8 Å². The van der Waals surface area contributed by atoms with E-state index >= 15 is 0 Å². The molecule has 30 heavy (non-hydrogen) atoms. The Morgan fingerprint density at radius 1 is 1.17 bits per heavy atom. The number of carbonyl (C=O) groups excluding carboxylic acids is 2. The summed E-state index contributed by atoms with van der Waals surface area (Å²) in [5.41, 5.74) is 5.60. The summed E-state index contributed by atoms with van der Waals surface area (Å²) < 4.78 is 5.41. The van der Waals surface area contributed by atoms with E-state index < -0.39 is 0 Å². The molecule has 3 aliphatic heterocycles. The number of nitrogens with zero attached hydrogens (tertiary/aromatic N) is 1. The van der Waals surface area contributed by atoms with Crippen molar-refractivity contribution in [3.8, 4) is 0 Å². The van der Waals surface area contributed by atoms with E-state index in [1.54, 1.807) is 0 Å². The van der Waals surface area contributed by atoms with Gasteiger partial charge in [0.2, 0.25) is 5.91 Å². The van der Waals surface area contributed by atoms with Gasteiger partial charge in [0.25, 0.3) is 5.91 Å². The quantitative estimate of drug-likeness (QED) is 0.663. The van der Waals surface area contributed by atoms with Gasteiger partial charge in [0, 0.05) is 60.8 Å². The third-order valence-electron chi connectivity index (χ3n) is 6.09. The molecular weight excluding hydrogens is 380 g/mol. The highest BCUT2D eigenvalue weighted by molar-refractivity contribution is 6.34. The first-order valence-corrected chi connectivity index (χ1v) is 10.6. The van der Waals surface area contributed by atoms with Crippen molar-refractivity contribution in [2.75, 3.05) is 38.2 Å². The summed E-state index contributed by atoms with van der Waals surface area (Å²) in [7, 11) is 0. The molecule has 2 fully saturated rings. The Morgan fingerprint density at radius 3 is 2.83 bits per heavy atom. The molecule has 1 aromatic heterocycles. The van der Waals surface area contributed by atoms with Crippen LogP contribution in [0.4, 0.5) is 5.69 Å². The Morgan fingerprint density at radius 2 is 2.03 bits per heavy atom. The van der Waals surface area contributed by atoms with Gasteiger partial charge in [0.15, 0.2) is 0 Å². The molecule has 2 saturated heterocycles. The number of carbonyl (C=O) groups is 2. The second-order valence-electron chi connectivity index (χ2n) is 8.22. The summed E-state index contributed by atoms with van der Waals surface area (Å²) in [4.78, 5) is 30.2. The van der Waals surface area contributed by atoms with Crippen LogP contribution < -0.4 is 10.6 Å². The summed E-state index contributed by atoms with van der Waals surface area (Å²) in [5.74, 6) is 0.0604. The van der Waals surface area contributed by atoms with Gasteiger partial charge >= 0.3 is 0 Å². The van der Waals surface area contributed by atoms with Crippen LogP contribution in [0.15, 0.2) is 30.5 Å². The lowest BCUT2D eigenvalue weighted by atomic mass is 9.95. The zero-order chi connectivity index (χ0) is 20.5. The maximum atomic E-state index is 12.6. The largest absolute Gasteiger partial charge is 0.379 e. The zero-order valence-electron chi connectivity index (χ0n) is 16.9. The Bertz CT molecular complexity index is 1000. The summed E-state index contributed by atoms with van der Waals surface area (Å²) in [5, 5.41) is 5.84. The first-order valence-electron chi connectivity index (χ1n) is 10.6. The number of hydrogen-bond donors (Lipinski definition) is 3. The molecule has 2 amide bonds. The maximum Gasteiger partial charge on any atom is 0.256 e. The number of morpholine rings is 1. The number of fused-ring (bicyclic) bond motifs is 1. The van der Waals surface area contributed by atoms with Crippen molar-refractivity contribution in [1.29, 1.82) is 0 Å². The Hall–Kier alpha value is -2.90. The van der Waals surface area contributed by atoms with Crippen molar-refractivity contribution >= 4 is 29.2 Å². The standard InChI is InChI=1S/C23H26N4O3/c28-22-17(3-4-24-22)9-15-1-2-21-19(11-15)20(23(29)26-21)12-16-10-18(25-13-16)14-27-5-7-30-8-6-27/h1-2,10-13,17,25H,3-9,14H2,(H,24,28)(H,26,29). The number of benzene rings is 1. The summed E-state index contributed by atoms with van der Waals surface area (Å²) in [6.07, 6.45) is 5.45. The van der Waals surface area contributed by atoms with E-state index in [0.717, 1.165) is 73.9 Å². The van der Waals surface area contributed by atoms with Crippen molar-refractivity contribution in [3.63, 3.8) is 0 Å². The molecular formula is C23H26N4O3. The van der Waals surface area contributed by atoms with Gasteiger partial charge in [-0.25, -0.2) is 0 Å². The van der Waals surface area contributed by atoms with E-state index in [4.69, 9.17) is 4.74 Å². The van der Waals surface area contributed by atoms with E-state index in [-0.39, 0.29) is 17.7 Å². The van der Waals surface area contributed by atoms with Crippen LogP contribution in [-0.2, 0) is 27.3 Å². The van der Waals surface area contributed by atoms with Crippen LogP contribution in [0.5, 0.6) is 0 Å². The van der Waals surface area contributed by atoms with Crippen LogP contribution in [0.2, 0.25) is 0 Å². The minimum absolute atomic E-state index is 0.0213. The van der Waals surface area contributed by atoms with Gasteiger partial charge < -0.3 is 20.4 Å². The molecule has 0 radical (unpaired) electrons. The first kappa shape index (κ1) is 19.1. The minimum atomic E-state index is -0.0864. The summed E-state index contributed by atoms with van der Waals surface area (Å²) in [6, 6.07) is 8.09. The van der Waals surface area contributed by atoms with Gasteiger partial charge in [-0.05, 0) is 48.2 Å². The molecule has 3 N–H and O–H groups in total. The number of nitrogens with one attached hydrogen (secondary N) is 3. The smallest absolute Gasteiger partial charge is 0.256 e. The SMILES string of the molecule is O=C1Nc2ccc(CC3CCNC3=O)cc2C1=Cc1c[nH]c(CN2CCOCC2)c1. The predicted molar refractivity (Wildman–Crippen MR) is 115 cm³/mol. The van der Waals surface area contributed by atoms with E-state index in [2.05, 4.69) is 26.6 Å². The van der Waals surface area contributed by atoms with E-state index in [0.29, 0.717) is 12.0 Å². The van der Waals surface area contributed by atoms with Gasteiger partial charge in [-0.1, -0.05) is 6.07 Å². The lowest BCUT2D eigenvalue weighted by Gasteiger charge is -2.25. The van der Waals surface area contributed by atoms with Crippen LogP contribution >= 0.6 is 0 Å². The highest BCUT2D eigenvalue weighted by Crippen LogP contribution is 2.34. The fourth-order valence-corrected chi connectivity index (χ4v) is 4.43. The van der Waals surface area contributed by atoms with Crippen molar-refractivity contribution in [2.24, 2.45) is 5.92 Å². The fourth-order valence-electron chi connectivity index (χ4n) is 4.43. The van der Waals surface area contributed by atoms with Crippen LogP contribution in [0, 0.1) is 5.92 Å².